The van der Waals surface area contributed by atoms with Gasteiger partial charge in [-0.3, -0.25) is 0 Å². The second kappa shape index (κ2) is 13.4. The van der Waals surface area contributed by atoms with Crippen molar-refractivity contribution in [3.63, 3.8) is 0 Å². The Kier molecular flexibility index (Phi) is 13.3. The standard InChI is InChI=1S/C16H35NO/c1-4-6-8-12-16(13-9-7-5-2)17-14-10-11-15(3)18/h15-18H,4-14H2,1-3H3. The predicted octanol–water partition coefficient (Wildman–Crippen LogP) is 4.27. The molecule has 0 aliphatic carbocycles. The highest BCUT2D eigenvalue weighted by Gasteiger charge is 2.07. The van der Waals surface area contributed by atoms with Crippen LogP contribution in [0, 0.1) is 0 Å². The second-order valence-electron chi connectivity index (χ2n) is 5.63. The van der Waals surface area contributed by atoms with E-state index in [-0.39, 0.29) is 6.10 Å². The summed E-state index contributed by atoms with van der Waals surface area (Å²) in [6.07, 6.45) is 12.6. The van der Waals surface area contributed by atoms with Gasteiger partial charge in [0.2, 0.25) is 0 Å². The smallest absolute Gasteiger partial charge is 0.0512 e. The summed E-state index contributed by atoms with van der Waals surface area (Å²) in [5, 5.41) is 12.9. The summed E-state index contributed by atoms with van der Waals surface area (Å²) < 4.78 is 0. The summed E-state index contributed by atoms with van der Waals surface area (Å²) in [6, 6.07) is 0.706. The molecule has 0 heterocycles. The molecule has 0 saturated carbocycles. The van der Waals surface area contributed by atoms with Gasteiger partial charge < -0.3 is 10.4 Å². The van der Waals surface area contributed by atoms with Crippen LogP contribution in [0.25, 0.3) is 0 Å². The maximum atomic E-state index is 9.24. The van der Waals surface area contributed by atoms with E-state index in [2.05, 4.69) is 19.2 Å². The van der Waals surface area contributed by atoms with Crippen molar-refractivity contribution in [2.24, 2.45) is 0 Å². The quantitative estimate of drug-likeness (QED) is 0.483. The number of aliphatic hydroxyl groups is 1. The van der Waals surface area contributed by atoms with Gasteiger partial charge in [-0.25, -0.2) is 0 Å². The normalized spacial score (nSPS) is 13.2. The van der Waals surface area contributed by atoms with Crippen LogP contribution in [-0.4, -0.2) is 23.8 Å². The molecule has 18 heavy (non-hydrogen) atoms. The molecule has 2 nitrogen and oxygen atoms in total. The Balaban J connectivity index is 3.66. The van der Waals surface area contributed by atoms with E-state index in [0.29, 0.717) is 6.04 Å². The van der Waals surface area contributed by atoms with Gasteiger partial charge in [-0.2, -0.15) is 0 Å². The Hall–Kier alpha value is -0.0800. The summed E-state index contributed by atoms with van der Waals surface area (Å²) >= 11 is 0. The molecule has 0 aromatic heterocycles. The molecule has 0 saturated heterocycles. The molecule has 2 heteroatoms. The lowest BCUT2D eigenvalue weighted by Crippen LogP contribution is -2.30. The molecule has 0 spiro atoms. The molecule has 0 rings (SSSR count). The van der Waals surface area contributed by atoms with Gasteiger partial charge in [-0.15, -0.1) is 0 Å². The van der Waals surface area contributed by atoms with E-state index in [1.807, 2.05) is 6.92 Å². The minimum absolute atomic E-state index is 0.148. The first-order valence-corrected chi connectivity index (χ1v) is 8.12. The third-order valence-corrected chi connectivity index (χ3v) is 3.54. The molecule has 0 bridgehead atoms. The lowest BCUT2D eigenvalue weighted by molar-refractivity contribution is 0.180. The molecule has 0 radical (unpaired) electrons. The summed E-state index contributed by atoms with van der Waals surface area (Å²) in [5.41, 5.74) is 0. The summed E-state index contributed by atoms with van der Waals surface area (Å²) in [7, 11) is 0. The van der Waals surface area contributed by atoms with Crippen molar-refractivity contribution in [1.29, 1.82) is 0 Å². The highest BCUT2D eigenvalue weighted by atomic mass is 16.3. The van der Waals surface area contributed by atoms with Gasteiger partial charge in [0.15, 0.2) is 0 Å². The zero-order valence-electron chi connectivity index (χ0n) is 12.9. The molecule has 0 aliphatic heterocycles. The fourth-order valence-corrected chi connectivity index (χ4v) is 2.33. The van der Waals surface area contributed by atoms with Crippen LogP contribution in [0.4, 0.5) is 0 Å². The molecule has 0 amide bonds. The van der Waals surface area contributed by atoms with Crippen LogP contribution >= 0.6 is 0 Å². The molecule has 110 valence electrons. The molecular weight excluding hydrogens is 222 g/mol. The van der Waals surface area contributed by atoms with Crippen molar-refractivity contribution in [1.82, 2.24) is 5.32 Å². The zero-order valence-corrected chi connectivity index (χ0v) is 12.9. The lowest BCUT2D eigenvalue weighted by atomic mass is 10.0. The lowest BCUT2D eigenvalue weighted by Gasteiger charge is -2.19. The number of hydrogen-bond acceptors (Lipinski definition) is 2. The first-order valence-electron chi connectivity index (χ1n) is 8.12. The monoisotopic (exact) mass is 257 g/mol. The van der Waals surface area contributed by atoms with Gasteiger partial charge in [0.05, 0.1) is 6.10 Å². The van der Waals surface area contributed by atoms with Crippen molar-refractivity contribution in [3.05, 3.63) is 0 Å². The Morgan fingerprint density at radius 3 is 1.83 bits per heavy atom. The van der Waals surface area contributed by atoms with Crippen molar-refractivity contribution in [3.8, 4) is 0 Å². The van der Waals surface area contributed by atoms with Crippen molar-refractivity contribution in [2.45, 2.75) is 97.1 Å². The fourth-order valence-electron chi connectivity index (χ4n) is 2.33. The number of aliphatic hydroxyl groups excluding tert-OH is 1. The van der Waals surface area contributed by atoms with E-state index >= 15 is 0 Å². The van der Waals surface area contributed by atoms with Crippen LogP contribution in [0.2, 0.25) is 0 Å². The van der Waals surface area contributed by atoms with Crippen molar-refractivity contribution < 1.29 is 5.11 Å². The maximum Gasteiger partial charge on any atom is 0.0512 e. The van der Waals surface area contributed by atoms with E-state index in [9.17, 15) is 5.11 Å². The van der Waals surface area contributed by atoms with Crippen LogP contribution in [0.1, 0.15) is 85.0 Å². The van der Waals surface area contributed by atoms with Crippen LogP contribution in [0.15, 0.2) is 0 Å². The summed E-state index contributed by atoms with van der Waals surface area (Å²) in [6.45, 7) is 7.47. The second-order valence-corrected chi connectivity index (χ2v) is 5.63. The average molecular weight is 257 g/mol. The number of unbranched alkanes of at least 4 members (excludes halogenated alkanes) is 4. The number of nitrogens with one attached hydrogen (secondary N) is 1. The molecule has 0 fully saturated rings. The molecular formula is C16H35NO. The van der Waals surface area contributed by atoms with Crippen molar-refractivity contribution >= 4 is 0 Å². The minimum Gasteiger partial charge on any atom is -0.393 e. The SMILES string of the molecule is CCCCCC(CCCCC)NCCCC(C)O. The summed E-state index contributed by atoms with van der Waals surface area (Å²) in [4.78, 5) is 0. The van der Waals surface area contributed by atoms with E-state index in [4.69, 9.17) is 0 Å². The van der Waals surface area contributed by atoms with Gasteiger partial charge in [0.25, 0.3) is 0 Å². The Bertz CT molecular complexity index is 149. The highest BCUT2D eigenvalue weighted by Crippen LogP contribution is 2.11. The van der Waals surface area contributed by atoms with Gasteiger partial charge in [-0.05, 0) is 39.2 Å². The number of hydrogen-bond donors (Lipinski definition) is 2. The topological polar surface area (TPSA) is 32.3 Å². The fraction of sp³-hybridized carbons (Fsp3) is 1.00. The minimum atomic E-state index is -0.148. The van der Waals surface area contributed by atoms with E-state index in [1.54, 1.807) is 0 Å². The van der Waals surface area contributed by atoms with Gasteiger partial charge in [0.1, 0.15) is 0 Å². The Morgan fingerprint density at radius 1 is 0.833 bits per heavy atom. The van der Waals surface area contributed by atoms with Crippen LogP contribution in [-0.2, 0) is 0 Å². The van der Waals surface area contributed by atoms with E-state index in [1.165, 1.54) is 51.4 Å². The third-order valence-electron chi connectivity index (χ3n) is 3.54. The van der Waals surface area contributed by atoms with E-state index < -0.39 is 0 Å². The van der Waals surface area contributed by atoms with Crippen LogP contribution in [0.5, 0.6) is 0 Å². The molecule has 2 N–H and O–H groups in total. The molecule has 1 atom stereocenters. The molecule has 1 unspecified atom stereocenters. The molecule has 0 aromatic carbocycles. The zero-order chi connectivity index (χ0) is 13.6. The first kappa shape index (κ1) is 17.9. The Labute approximate surface area is 115 Å². The van der Waals surface area contributed by atoms with Crippen LogP contribution in [0.3, 0.4) is 0 Å². The van der Waals surface area contributed by atoms with Gasteiger partial charge in [0, 0.05) is 6.04 Å². The third kappa shape index (κ3) is 12.4. The van der Waals surface area contributed by atoms with Gasteiger partial charge >= 0.3 is 0 Å². The van der Waals surface area contributed by atoms with E-state index in [0.717, 1.165) is 19.4 Å². The molecule has 0 aliphatic rings. The highest BCUT2D eigenvalue weighted by molar-refractivity contribution is 4.67. The molecule has 0 aromatic rings. The average Bonchev–Trinajstić information content (AvgIpc) is 2.34. The van der Waals surface area contributed by atoms with Crippen molar-refractivity contribution in [2.75, 3.05) is 6.54 Å². The largest absolute Gasteiger partial charge is 0.393 e. The number of rotatable bonds is 13. The maximum absolute atomic E-state index is 9.24. The van der Waals surface area contributed by atoms with Crippen LogP contribution < -0.4 is 5.32 Å². The Morgan fingerprint density at radius 2 is 1.39 bits per heavy atom. The first-order chi connectivity index (χ1) is 8.70. The van der Waals surface area contributed by atoms with Gasteiger partial charge in [-0.1, -0.05) is 52.4 Å². The predicted molar refractivity (Wildman–Crippen MR) is 81.0 cm³/mol. The summed E-state index contributed by atoms with van der Waals surface area (Å²) in [5.74, 6) is 0.